The number of fused-ring (bicyclic) bond motifs is 1. The molecule has 0 aromatic heterocycles. The van der Waals surface area contributed by atoms with Crippen LogP contribution in [0.2, 0.25) is 0 Å². The highest BCUT2D eigenvalue weighted by atomic mass is 15.1. The van der Waals surface area contributed by atoms with Crippen molar-refractivity contribution in [1.29, 1.82) is 0 Å². The number of nitrogens with zero attached hydrogens (tertiary/aromatic N) is 2. The van der Waals surface area contributed by atoms with Crippen molar-refractivity contribution in [2.24, 2.45) is 5.92 Å². The predicted molar refractivity (Wildman–Crippen MR) is 220 cm³/mol. The molecule has 258 valence electrons. The number of hydrogen-bond donors (Lipinski definition) is 1. The summed E-state index contributed by atoms with van der Waals surface area (Å²) in [4.78, 5) is 4.76. The van der Waals surface area contributed by atoms with E-state index >= 15 is 0 Å². The Morgan fingerprint density at radius 1 is 0.549 bits per heavy atom. The maximum absolute atomic E-state index is 3.99. The average Bonchev–Trinajstić information content (AvgIpc) is 3.16. The molecule has 1 fully saturated rings. The van der Waals surface area contributed by atoms with E-state index in [2.05, 4.69) is 183 Å². The lowest BCUT2D eigenvalue weighted by molar-refractivity contribution is 0.350. The molecule has 6 aromatic carbocycles. The Hall–Kier alpha value is -5.15. The molecule has 0 bridgehead atoms. The van der Waals surface area contributed by atoms with Gasteiger partial charge in [0.1, 0.15) is 0 Å². The summed E-state index contributed by atoms with van der Waals surface area (Å²) in [6.07, 6.45) is 5.19. The predicted octanol–water partition coefficient (Wildman–Crippen LogP) is 12.8. The molecular formula is C48H52N3+. The molecule has 0 spiro atoms. The van der Waals surface area contributed by atoms with Gasteiger partial charge in [-0.25, -0.2) is 0 Å². The topological polar surface area (TPSA) is 18.5 Å². The van der Waals surface area contributed by atoms with Gasteiger partial charge >= 0.3 is 0 Å². The maximum atomic E-state index is 3.99. The van der Waals surface area contributed by atoms with Crippen LogP contribution in [0, 0.1) is 25.7 Å². The van der Waals surface area contributed by atoms with Gasteiger partial charge in [0.25, 0.3) is 0 Å². The Morgan fingerprint density at radius 2 is 1.00 bits per heavy atom. The molecule has 0 saturated heterocycles. The molecule has 1 aliphatic carbocycles. The van der Waals surface area contributed by atoms with Crippen LogP contribution in [0.1, 0.15) is 74.3 Å². The Morgan fingerprint density at radius 3 is 1.47 bits per heavy atom. The van der Waals surface area contributed by atoms with E-state index in [0.717, 1.165) is 13.1 Å². The lowest BCUT2D eigenvalue weighted by Gasteiger charge is -2.31. The van der Waals surface area contributed by atoms with Crippen LogP contribution in [-0.2, 0) is 0 Å². The van der Waals surface area contributed by atoms with E-state index in [1.165, 1.54) is 98.6 Å². The highest BCUT2D eigenvalue weighted by Gasteiger charge is 2.28. The normalized spacial score (nSPS) is 15.8. The fraction of sp³-hybridized carbons (Fsp3) is 0.271. The van der Waals surface area contributed by atoms with Crippen LogP contribution in [0.25, 0.3) is 10.8 Å². The molecule has 6 aromatic rings. The molecule has 51 heavy (non-hydrogen) atoms. The number of benzene rings is 6. The van der Waals surface area contributed by atoms with Gasteiger partial charge in [0, 0.05) is 41.3 Å². The number of anilines is 5. The van der Waals surface area contributed by atoms with Gasteiger partial charge in [0.15, 0.2) is 0 Å². The number of aryl methyl sites for hydroxylation is 2. The molecule has 0 amide bonds. The van der Waals surface area contributed by atoms with Gasteiger partial charge in [-0.3, -0.25) is 0 Å². The second-order valence-corrected chi connectivity index (χ2v) is 14.3. The van der Waals surface area contributed by atoms with Gasteiger partial charge in [-0.15, -0.1) is 0 Å². The molecule has 1 aliphatic rings. The zero-order valence-electron chi connectivity index (χ0n) is 31.0. The average molecular weight is 671 g/mol. The zero-order chi connectivity index (χ0) is 35.3. The van der Waals surface area contributed by atoms with Crippen LogP contribution in [0.15, 0.2) is 133 Å². The lowest BCUT2D eigenvalue weighted by atomic mass is 9.82. The van der Waals surface area contributed by atoms with Crippen molar-refractivity contribution in [1.82, 2.24) is 0 Å². The Bertz CT molecular complexity index is 1930. The van der Waals surface area contributed by atoms with Gasteiger partial charge in [0.05, 0.1) is 39.7 Å². The Balaban J connectivity index is 1.30. The van der Waals surface area contributed by atoms with Gasteiger partial charge in [-0.1, -0.05) is 67.3 Å². The minimum Gasteiger partial charge on any atom is -0.381 e. The Labute approximate surface area is 306 Å². The summed E-state index contributed by atoms with van der Waals surface area (Å²) in [7, 11) is 0. The van der Waals surface area contributed by atoms with Crippen LogP contribution in [0.3, 0.4) is 0 Å². The van der Waals surface area contributed by atoms with Crippen molar-refractivity contribution >= 4 is 39.2 Å². The van der Waals surface area contributed by atoms with Crippen LogP contribution >= 0.6 is 0 Å². The molecule has 3 nitrogen and oxygen atoms in total. The molecule has 0 aliphatic heterocycles. The van der Waals surface area contributed by atoms with E-state index in [1.54, 1.807) is 0 Å². The van der Waals surface area contributed by atoms with Gasteiger partial charge < -0.3 is 15.1 Å². The molecule has 2 unspecified atom stereocenters. The zero-order valence-corrected chi connectivity index (χ0v) is 31.0. The first-order valence-electron chi connectivity index (χ1n) is 19.0. The van der Waals surface area contributed by atoms with E-state index in [-0.39, 0.29) is 0 Å². The van der Waals surface area contributed by atoms with Crippen LogP contribution in [0.4, 0.5) is 28.4 Å². The third-order valence-electron chi connectivity index (χ3n) is 10.9. The Kier molecular flexibility index (Phi) is 10.4. The van der Waals surface area contributed by atoms with Gasteiger partial charge in [-0.2, -0.15) is 0 Å². The first kappa shape index (κ1) is 34.3. The highest BCUT2D eigenvalue weighted by Crippen LogP contribution is 2.40. The maximum Gasteiger partial charge on any atom is 0.0638 e. The quantitative estimate of drug-likeness (QED) is 0.109. The van der Waals surface area contributed by atoms with E-state index < -0.39 is 0 Å². The summed E-state index contributed by atoms with van der Waals surface area (Å²) in [5, 5.41) is 6.55. The number of nitrogens with one attached hydrogen (secondary N) is 1. The second-order valence-electron chi connectivity index (χ2n) is 14.3. The van der Waals surface area contributed by atoms with Crippen molar-refractivity contribution in [3.8, 4) is 0 Å². The summed E-state index contributed by atoms with van der Waals surface area (Å²) in [6, 6.07) is 50.2. The van der Waals surface area contributed by atoms with E-state index in [9.17, 15) is 0 Å². The van der Waals surface area contributed by atoms with Crippen molar-refractivity contribution in [3.63, 3.8) is 0 Å². The summed E-state index contributed by atoms with van der Waals surface area (Å²) >= 11 is 0. The second kappa shape index (κ2) is 15.4. The van der Waals surface area contributed by atoms with Crippen molar-refractivity contribution in [3.05, 3.63) is 167 Å². The molecule has 7 rings (SSSR count). The fourth-order valence-electron chi connectivity index (χ4n) is 7.94. The van der Waals surface area contributed by atoms with Gasteiger partial charge in [0.2, 0.25) is 0 Å². The van der Waals surface area contributed by atoms with Crippen LogP contribution in [-0.4, -0.2) is 19.1 Å². The fourth-order valence-corrected chi connectivity index (χ4v) is 7.94. The standard InChI is InChI=1S/C48H52N3/c1-6-50(39-24-16-34(3)17-25-39)41-28-20-37(21-29-41)48(38-22-30-42(31-23-38)51(7-2)40-26-18-35(4)19-27-40)45-32-33-47(44-14-10-9-13-43(44)45)49-46-15-11-8-12-36(46)5/h9-10,13-14,16-33,36,46,49H,6-8,11-12,15H2,1-5H3/q+1. The third-order valence-corrected chi connectivity index (χ3v) is 10.9. The highest BCUT2D eigenvalue weighted by molar-refractivity contribution is 5.98. The summed E-state index contributed by atoms with van der Waals surface area (Å²) in [5.41, 5.74) is 12.3. The van der Waals surface area contributed by atoms with Crippen molar-refractivity contribution in [2.45, 2.75) is 66.3 Å². The smallest absolute Gasteiger partial charge is 0.0638 e. The lowest BCUT2D eigenvalue weighted by Crippen LogP contribution is -2.30. The first-order valence-corrected chi connectivity index (χ1v) is 19.0. The van der Waals surface area contributed by atoms with Crippen LogP contribution < -0.4 is 15.1 Å². The van der Waals surface area contributed by atoms with E-state index in [4.69, 9.17) is 0 Å². The van der Waals surface area contributed by atoms with E-state index in [1.807, 2.05) is 0 Å². The molecule has 0 heterocycles. The third kappa shape index (κ3) is 7.35. The number of hydrogen-bond acceptors (Lipinski definition) is 3. The first-order chi connectivity index (χ1) is 24.9. The number of rotatable bonds is 11. The molecule has 1 N–H and O–H groups in total. The van der Waals surface area contributed by atoms with Crippen LogP contribution in [0.5, 0.6) is 0 Å². The van der Waals surface area contributed by atoms with Crippen molar-refractivity contribution in [2.75, 3.05) is 28.2 Å². The van der Waals surface area contributed by atoms with Crippen molar-refractivity contribution < 1.29 is 0 Å². The van der Waals surface area contributed by atoms with E-state index in [0.29, 0.717) is 12.0 Å². The minimum absolute atomic E-state index is 0.515. The molecule has 2 atom stereocenters. The SMILES string of the molecule is CCN(c1ccc(C)cc1)c1ccc([C+](c2ccc(N(CC)c3ccc(C)cc3)cc2)c2ccc(NC3CCCCC3C)c3ccccc23)cc1. The largest absolute Gasteiger partial charge is 0.381 e. The molecule has 0 radical (unpaired) electrons. The molecular weight excluding hydrogens is 619 g/mol. The van der Waals surface area contributed by atoms with Gasteiger partial charge in [-0.05, 0) is 144 Å². The summed E-state index contributed by atoms with van der Waals surface area (Å²) in [5.74, 6) is 1.93. The minimum atomic E-state index is 0.515. The molecule has 1 saturated carbocycles. The monoisotopic (exact) mass is 670 g/mol. The summed E-state index contributed by atoms with van der Waals surface area (Å²) in [6.45, 7) is 12.9. The summed E-state index contributed by atoms with van der Waals surface area (Å²) < 4.78 is 0. The molecule has 3 heteroatoms.